The van der Waals surface area contributed by atoms with Gasteiger partial charge in [-0.15, -0.1) is 0 Å². The second-order valence-electron chi connectivity index (χ2n) is 8.17. The lowest BCUT2D eigenvalue weighted by Crippen LogP contribution is -2.35. The van der Waals surface area contributed by atoms with Crippen molar-refractivity contribution in [3.05, 3.63) is 52.4 Å². The van der Waals surface area contributed by atoms with E-state index in [0.29, 0.717) is 23.3 Å². The zero-order chi connectivity index (χ0) is 20.4. The lowest BCUT2D eigenvalue weighted by Gasteiger charge is -2.35. The number of rotatable bonds is 4. The van der Waals surface area contributed by atoms with Crippen molar-refractivity contribution in [2.75, 3.05) is 7.11 Å². The molecule has 0 spiro atoms. The molecule has 0 bridgehead atoms. The van der Waals surface area contributed by atoms with Crippen LogP contribution in [0.3, 0.4) is 0 Å². The predicted molar refractivity (Wildman–Crippen MR) is 110 cm³/mol. The Morgan fingerprint density at radius 3 is 2.59 bits per heavy atom. The number of esters is 1. The molecule has 4 rings (SSSR count). The predicted octanol–water partition coefficient (Wildman–Crippen LogP) is 4.54. The van der Waals surface area contributed by atoms with Gasteiger partial charge in [0.1, 0.15) is 11.9 Å². The highest BCUT2D eigenvalue weighted by Gasteiger charge is 2.40. The van der Waals surface area contributed by atoms with Crippen molar-refractivity contribution in [3.63, 3.8) is 0 Å². The quantitative estimate of drug-likeness (QED) is 0.759. The molecule has 0 aromatic heterocycles. The van der Waals surface area contributed by atoms with Crippen molar-refractivity contribution in [1.82, 2.24) is 5.32 Å². The Kier molecular flexibility index (Phi) is 5.74. The highest BCUT2D eigenvalue weighted by Crippen LogP contribution is 2.45. The zero-order valence-electron chi connectivity index (χ0n) is 17.3. The second-order valence-corrected chi connectivity index (χ2v) is 8.17. The number of Topliss-reactive ketones (excluding diaryl/α,β-unsaturated/α-hetero) is 1. The SMILES string of the molecule is COc1ccccc1[C@@H]1C(C(=O)OC2CCCCC2)=C(C)NC2=C1C(=O)CCC2. The summed E-state index contributed by atoms with van der Waals surface area (Å²) in [6.07, 6.45) is 7.34. The van der Waals surface area contributed by atoms with Gasteiger partial charge < -0.3 is 14.8 Å². The Labute approximate surface area is 172 Å². The van der Waals surface area contributed by atoms with Crippen molar-refractivity contribution in [3.8, 4) is 5.75 Å². The third-order valence-electron chi connectivity index (χ3n) is 6.27. The molecular weight excluding hydrogens is 366 g/mol. The molecule has 0 saturated heterocycles. The van der Waals surface area contributed by atoms with Crippen LogP contribution in [-0.4, -0.2) is 25.0 Å². The van der Waals surface area contributed by atoms with Crippen LogP contribution in [0.1, 0.15) is 69.8 Å². The van der Waals surface area contributed by atoms with Crippen LogP contribution in [0.4, 0.5) is 0 Å². The van der Waals surface area contributed by atoms with E-state index in [-0.39, 0.29) is 17.9 Å². The molecule has 0 amide bonds. The molecule has 1 saturated carbocycles. The van der Waals surface area contributed by atoms with Crippen molar-refractivity contribution in [1.29, 1.82) is 0 Å². The van der Waals surface area contributed by atoms with Crippen molar-refractivity contribution in [2.45, 2.75) is 70.3 Å². The summed E-state index contributed by atoms with van der Waals surface area (Å²) in [7, 11) is 1.62. The summed E-state index contributed by atoms with van der Waals surface area (Å²) in [6, 6.07) is 7.65. The Morgan fingerprint density at radius 1 is 1.07 bits per heavy atom. The number of carbonyl (C=O) groups is 2. The number of methoxy groups -OCH3 is 1. The van der Waals surface area contributed by atoms with Crippen molar-refractivity contribution in [2.24, 2.45) is 0 Å². The van der Waals surface area contributed by atoms with E-state index < -0.39 is 5.92 Å². The Balaban J connectivity index is 1.77. The zero-order valence-corrected chi connectivity index (χ0v) is 17.3. The average molecular weight is 395 g/mol. The van der Waals surface area contributed by atoms with Gasteiger partial charge in [0.15, 0.2) is 5.78 Å². The molecule has 29 heavy (non-hydrogen) atoms. The van der Waals surface area contributed by atoms with Crippen LogP contribution >= 0.6 is 0 Å². The van der Waals surface area contributed by atoms with Crippen LogP contribution in [0, 0.1) is 0 Å². The normalized spacial score (nSPS) is 22.8. The number of carbonyl (C=O) groups excluding carboxylic acids is 2. The van der Waals surface area contributed by atoms with Gasteiger partial charge in [-0.2, -0.15) is 0 Å². The van der Waals surface area contributed by atoms with Gasteiger partial charge in [-0.3, -0.25) is 4.79 Å². The molecule has 5 heteroatoms. The Morgan fingerprint density at radius 2 is 1.83 bits per heavy atom. The number of nitrogens with one attached hydrogen (secondary N) is 1. The smallest absolute Gasteiger partial charge is 0.337 e. The third-order valence-corrected chi connectivity index (χ3v) is 6.27. The van der Waals surface area contributed by atoms with Gasteiger partial charge in [-0.05, 0) is 51.5 Å². The number of ketones is 1. The molecule has 1 fully saturated rings. The van der Waals surface area contributed by atoms with E-state index in [2.05, 4.69) is 5.32 Å². The molecule has 1 N–H and O–H groups in total. The highest BCUT2D eigenvalue weighted by molar-refractivity contribution is 6.04. The fourth-order valence-electron chi connectivity index (χ4n) is 4.87. The summed E-state index contributed by atoms with van der Waals surface area (Å²) >= 11 is 0. The standard InChI is InChI=1S/C24H29NO4/c1-15-21(24(27)29-16-9-4-3-5-10-16)22(17-11-6-7-14-20(17)28-2)23-18(25-15)12-8-13-19(23)26/h6-7,11,14,16,22,25H,3-5,8-10,12-13H2,1-2H3/t22-/m1/s1. The lowest BCUT2D eigenvalue weighted by atomic mass is 9.75. The molecule has 0 radical (unpaired) electrons. The number of ether oxygens (including phenoxy) is 2. The van der Waals surface area contributed by atoms with Crippen LogP contribution in [0.15, 0.2) is 46.8 Å². The van der Waals surface area contributed by atoms with Gasteiger partial charge >= 0.3 is 5.97 Å². The van der Waals surface area contributed by atoms with Gasteiger partial charge in [0.25, 0.3) is 0 Å². The number of allylic oxidation sites excluding steroid dienone is 3. The Bertz CT molecular complexity index is 877. The number of dihydropyridines is 1. The first-order valence-electron chi connectivity index (χ1n) is 10.7. The topological polar surface area (TPSA) is 64.6 Å². The van der Waals surface area contributed by atoms with Crippen LogP contribution in [0.5, 0.6) is 5.75 Å². The second kappa shape index (κ2) is 8.44. The van der Waals surface area contributed by atoms with Gasteiger partial charge in [0.05, 0.1) is 18.6 Å². The van der Waals surface area contributed by atoms with Crippen molar-refractivity contribution >= 4 is 11.8 Å². The first kappa shape index (κ1) is 19.7. The first-order valence-corrected chi connectivity index (χ1v) is 10.7. The number of benzene rings is 1. The number of para-hydroxylation sites is 1. The van der Waals surface area contributed by atoms with Gasteiger partial charge in [-0.1, -0.05) is 24.6 Å². The molecule has 1 atom stereocenters. The molecule has 1 aliphatic heterocycles. The molecule has 3 aliphatic rings. The van der Waals surface area contributed by atoms with Gasteiger partial charge in [-0.25, -0.2) is 4.79 Å². The number of hydrogen-bond donors (Lipinski definition) is 1. The van der Waals surface area contributed by atoms with Crippen LogP contribution < -0.4 is 10.1 Å². The lowest BCUT2D eigenvalue weighted by molar-refractivity contribution is -0.146. The van der Waals surface area contributed by atoms with Gasteiger partial charge in [0, 0.05) is 29.0 Å². The third kappa shape index (κ3) is 3.83. The summed E-state index contributed by atoms with van der Waals surface area (Å²) in [4.78, 5) is 26.3. The minimum atomic E-state index is -0.453. The van der Waals surface area contributed by atoms with Gasteiger partial charge in [0.2, 0.25) is 0 Å². The summed E-state index contributed by atoms with van der Waals surface area (Å²) in [6.45, 7) is 1.91. The monoisotopic (exact) mass is 395 g/mol. The van der Waals surface area contributed by atoms with E-state index in [9.17, 15) is 9.59 Å². The maximum absolute atomic E-state index is 13.3. The molecule has 1 aromatic carbocycles. The summed E-state index contributed by atoms with van der Waals surface area (Å²) < 4.78 is 11.5. The molecule has 0 unspecified atom stereocenters. The van der Waals surface area contributed by atoms with Crippen LogP contribution in [0.2, 0.25) is 0 Å². The highest BCUT2D eigenvalue weighted by atomic mass is 16.5. The molecule has 154 valence electrons. The van der Waals surface area contributed by atoms with E-state index in [0.717, 1.165) is 55.5 Å². The fourth-order valence-corrected chi connectivity index (χ4v) is 4.87. The van der Waals surface area contributed by atoms with E-state index in [1.54, 1.807) is 7.11 Å². The first-order chi connectivity index (χ1) is 14.1. The maximum Gasteiger partial charge on any atom is 0.337 e. The fraction of sp³-hybridized carbons (Fsp3) is 0.500. The van der Waals surface area contributed by atoms with E-state index in [4.69, 9.17) is 9.47 Å². The van der Waals surface area contributed by atoms with Crippen LogP contribution in [-0.2, 0) is 14.3 Å². The largest absolute Gasteiger partial charge is 0.496 e. The van der Waals surface area contributed by atoms with E-state index in [1.807, 2.05) is 31.2 Å². The minimum absolute atomic E-state index is 0.0349. The molecular formula is C24H29NO4. The number of hydrogen-bond acceptors (Lipinski definition) is 5. The van der Waals surface area contributed by atoms with E-state index >= 15 is 0 Å². The molecule has 1 heterocycles. The molecule has 5 nitrogen and oxygen atoms in total. The average Bonchev–Trinajstić information content (AvgIpc) is 2.73. The summed E-state index contributed by atoms with van der Waals surface area (Å²) in [5.41, 5.74) is 3.78. The van der Waals surface area contributed by atoms with Crippen molar-refractivity contribution < 1.29 is 19.1 Å². The summed E-state index contributed by atoms with van der Waals surface area (Å²) in [5, 5.41) is 3.35. The molecule has 2 aliphatic carbocycles. The Hall–Kier alpha value is -2.56. The molecule has 1 aromatic rings. The summed E-state index contributed by atoms with van der Waals surface area (Å²) in [5.74, 6) is 0.0135. The van der Waals surface area contributed by atoms with E-state index in [1.165, 1.54) is 6.42 Å². The van der Waals surface area contributed by atoms with Crippen LogP contribution in [0.25, 0.3) is 0 Å². The maximum atomic E-state index is 13.3. The minimum Gasteiger partial charge on any atom is -0.496 e.